The number of piperazine rings is 1. The zero-order valence-electron chi connectivity index (χ0n) is 15.2. The van der Waals surface area contributed by atoms with Crippen LogP contribution in [0.5, 0.6) is 0 Å². The average molecular weight is 369 g/mol. The molecule has 1 unspecified atom stereocenters. The zero-order valence-corrected chi connectivity index (χ0v) is 15.2. The second kappa shape index (κ2) is 8.64. The summed E-state index contributed by atoms with van der Waals surface area (Å²) in [5.74, 6) is -1.05. The molecule has 1 aliphatic heterocycles. The van der Waals surface area contributed by atoms with E-state index >= 15 is 0 Å². The molecule has 0 saturated carbocycles. The molecule has 0 bridgehead atoms. The van der Waals surface area contributed by atoms with Gasteiger partial charge in [0.15, 0.2) is 0 Å². The maximum absolute atomic E-state index is 12.4. The van der Waals surface area contributed by atoms with Gasteiger partial charge in [-0.15, -0.1) is 0 Å². The lowest BCUT2D eigenvalue weighted by atomic mass is 10.0. The van der Waals surface area contributed by atoms with Gasteiger partial charge in [-0.1, -0.05) is 42.5 Å². The van der Waals surface area contributed by atoms with E-state index in [2.05, 4.69) is 33.6 Å². The number of methoxy groups -OCH3 is 1. The van der Waals surface area contributed by atoms with E-state index in [9.17, 15) is 14.4 Å². The smallest absolute Gasteiger partial charge is 0.325 e. The van der Waals surface area contributed by atoms with Crippen LogP contribution in [0.1, 0.15) is 12.0 Å². The molecule has 3 rings (SSSR count). The first-order chi connectivity index (χ1) is 13.1. The van der Waals surface area contributed by atoms with Crippen molar-refractivity contribution in [1.82, 2.24) is 15.5 Å². The van der Waals surface area contributed by atoms with Crippen molar-refractivity contribution < 1.29 is 19.1 Å². The minimum Gasteiger partial charge on any atom is -0.468 e. The molecule has 0 radical (unpaired) electrons. The Morgan fingerprint density at radius 1 is 1.22 bits per heavy atom. The summed E-state index contributed by atoms with van der Waals surface area (Å²) in [7, 11) is 1.26. The van der Waals surface area contributed by atoms with E-state index in [4.69, 9.17) is 0 Å². The number of hydrogen-bond donors (Lipinski definition) is 2. The van der Waals surface area contributed by atoms with Gasteiger partial charge < -0.3 is 15.4 Å². The Labute approximate surface area is 157 Å². The summed E-state index contributed by atoms with van der Waals surface area (Å²) in [6.45, 7) is 1.57. The van der Waals surface area contributed by atoms with Crippen LogP contribution in [-0.2, 0) is 25.7 Å². The third-order valence-electron chi connectivity index (χ3n) is 4.73. The Bertz CT molecular complexity index is 847. The number of fused-ring (bicyclic) bond motifs is 1. The molecule has 1 atom stereocenters. The van der Waals surface area contributed by atoms with Crippen molar-refractivity contribution in [2.24, 2.45) is 0 Å². The van der Waals surface area contributed by atoms with E-state index in [1.165, 1.54) is 7.11 Å². The highest BCUT2D eigenvalue weighted by atomic mass is 16.5. The Morgan fingerprint density at radius 3 is 2.81 bits per heavy atom. The molecule has 1 aliphatic rings. The van der Waals surface area contributed by atoms with Crippen LogP contribution in [0.2, 0.25) is 0 Å². The summed E-state index contributed by atoms with van der Waals surface area (Å²) >= 11 is 0. The maximum Gasteiger partial charge on any atom is 0.325 e. The SMILES string of the molecule is COC(=O)CNC(=O)CC1C(=O)NCCN1Cc1cccc2ccccc12. The summed E-state index contributed by atoms with van der Waals surface area (Å²) in [6, 6.07) is 13.6. The summed E-state index contributed by atoms with van der Waals surface area (Å²) < 4.78 is 4.51. The molecular formula is C20H23N3O4. The highest BCUT2D eigenvalue weighted by Gasteiger charge is 2.31. The van der Waals surface area contributed by atoms with E-state index in [-0.39, 0.29) is 24.8 Å². The summed E-state index contributed by atoms with van der Waals surface area (Å²) in [5.41, 5.74) is 1.11. The van der Waals surface area contributed by atoms with Crippen molar-refractivity contribution in [3.63, 3.8) is 0 Å². The van der Waals surface area contributed by atoms with Crippen LogP contribution in [0.3, 0.4) is 0 Å². The first-order valence-corrected chi connectivity index (χ1v) is 8.90. The van der Waals surface area contributed by atoms with Crippen LogP contribution in [0.15, 0.2) is 42.5 Å². The number of rotatable bonds is 6. The third-order valence-corrected chi connectivity index (χ3v) is 4.73. The first-order valence-electron chi connectivity index (χ1n) is 8.90. The normalized spacial score (nSPS) is 17.4. The second-order valence-electron chi connectivity index (χ2n) is 6.47. The highest BCUT2D eigenvalue weighted by molar-refractivity contribution is 5.90. The summed E-state index contributed by atoms with van der Waals surface area (Å²) in [6.07, 6.45) is -0.00636. The molecule has 0 spiro atoms. The minimum absolute atomic E-state index is 0.00636. The third kappa shape index (κ3) is 4.62. The fourth-order valence-corrected chi connectivity index (χ4v) is 3.31. The van der Waals surface area contributed by atoms with Crippen molar-refractivity contribution >= 4 is 28.6 Å². The van der Waals surface area contributed by atoms with E-state index in [0.29, 0.717) is 19.6 Å². The molecule has 142 valence electrons. The van der Waals surface area contributed by atoms with Crippen LogP contribution in [-0.4, -0.2) is 55.5 Å². The first kappa shape index (κ1) is 18.8. The lowest BCUT2D eigenvalue weighted by Crippen LogP contribution is -2.56. The van der Waals surface area contributed by atoms with Gasteiger partial charge >= 0.3 is 5.97 Å². The van der Waals surface area contributed by atoms with Crippen molar-refractivity contribution in [3.05, 3.63) is 48.0 Å². The number of carbonyl (C=O) groups is 3. The summed E-state index contributed by atoms with van der Waals surface area (Å²) in [5, 5.41) is 7.59. The molecule has 27 heavy (non-hydrogen) atoms. The van der Waals surface area contributed by atoms with Gasteiger partial charge in [-0.25, -0.2) is 0 Å². The Morgan fingerprint density at radius 2 is 2.00 bits per heavy atom. The van der Waals surface area contributed by atoms with Crippen LogP contribution >= 0.6 is 0 Å². The standard InChI is InChI=1S/C20H23N3O4/c1-27-19(25)12-22-18(24)11-17-20(26)21-9-10-23(17)13-15-7-4-6-14-5-2-3-8-16(14)15/h2-8,17H,9-13H2,1H3,(H,21,26)(H,22,24). The predicted molar refractivity (Wildman–Crippen MR) is 101 cm³/mol. The molecule has 0 aromatic heterocycles. The fraction of sp³-hybridized carbons (Fsp3) is 0.350. The van der Waals surface area contributed by atoms with Gasteiger partial charge in [-0.2, -0.15) is 0 Å². The summed E-state index contributed by atoms with van der Waals surface area (Å²) in [4.78, 5) is 37.7. The number of nitrogens with zero attached hydrogens (tertiary/aromatic N) is 1. The van der Waals surface area contributed by atoms with Gasteiger partial charge in [0.2, 0.25) is 11.8 Å². The molecule has 2 amide bonds. The number of ether oxygens (including phenoxy) is 1. The topological polar surface area (TPSA) is 87.7 Å². The lowest BCUT2D eigenvalue weighted by molar-refractivity contribution is -0.141. The van der Waals surface area contributed by atoms with Crippen LogP contribution in [0.4, 0.5) is 0 Å². The molecule has 7 nitrogen and oxygen atoms in total. The van der Waals surface area contributed by atoms with Gasteiger partial charge in [-0.3, -0.25) is 19.3 Å². The molecule has 2 aromatic rings. The number of amides is 2. The molecule has 1 saturated heterocycles. The Kier molecular flexibility index (Phi) is 6.03. The average Bonchev–Trinajstić information content (AvgIpc) is 2.69. The number of benzene rings is 2. The van der Waals surface area contributed by atoms with Gasteiger partial charge in [-0.05, 0) is 16.3 Å². The van der Waals surface area contributed by atoms with Crippen molar-refractivity contribution in [1.29, 1.82) is 0 Å². The quantitative estimate of drug-likeness (QED) is 0.736. The predicted octanol–water partition coefficient (Wildman–Crippen LogP) is 0.820. The van der Waals surface area contributed by atoms with Crippen LogP contribution in [0, 0.1) is 0 Å². The maximum atomic E-state index is 12.4. The molecule has 2 N–H and O–H groups in total. The zero-order chi connectivity index (χ0) is 19.2. The lowest BCUT2D eigenvalue weighted by Gasteiger charge is -2.35. The van der Waals surface area contributed by atoms with Gasteiger partial charge in [0.05, 0.1) is 19.6 Å². The monoisotopic (exact) mass is 369 g/mol. The van der Waals surface area contributed by atoms with Crippen molar-refractivity contribution in [3.8, 4) is 0 Å². The molecule has 7 heteroatoms. The minimum atomic E-state index is -0.574. The highest BCUT2D eigenvalue weighted by Crippen LogP contribution is 2.22. The number of esters is 1. The Balaban J connectivity index is 1.73. The van der Waals surface area contributed by atoms with E-state index in [1.54, 1.807) is 0 Å². The van der Waals surface area contributed by atoms with Crippen molar-refractivity contribution in [2.45, 2.75) is 19.0 Å². The Hall–Kier alpha value is -2.93. The van der Waals surface area contributed by atoms with Gasteiger partial charge in [0.1, 0.15) is 6.54 Å². The second-order valence-corrected chi connectivity index (χ2v) is 6.47. The molecular weight excluding hydrogens is 346 g/mol. The van der Waals surface area contributed by atoms with Crippen molar-refractivity contribution in [2.75, 3.05) is 26.7 Å². The number of carbonyl (C=O) groups excluding carboxylic acids is 3. The largest absolute Gasteiger partial charge is 0.468 e. The number of nitrogens with one attached hydrogen (secondary N) is 2. The van der Waals surface area contributed by atoms with E-state index in [1.807, 2.05) is 29.2 Å². The molecule has 2 aromatic carbocycles. The number of hydrogen-bond acceptors (Lipinski definition) is 5. The van der Waals surface area contributed by atoms with Crippen LogP contribution in [0.25, 0.3) is 10.8 Å². The fourth-order valence-electron chi connectivity index (χ4n) is 3.31. The molecule has 1 heterocycles. The van der Waals surface area contributed by atoms with Gasteiger partial charge in [0.25, 0.3) is 0 Å². The molecule has 1 fully saturated rings. The van der Waals surface area contributed by atoms with Crippen LogP contribution < -0.4 is 10.6 Å². The van der Waals surface area contributed by atoms with E-state index < -0.39 is 12.0 Å². The van der Waals surface area contributed by atoms with E-state index in [0.717, 1.165) is 16.3 Å². The molecule has 0 aliphatic carbocycles. The van der Waals surface area contributed by atoms with Gasteiger partial charge in [0, 0.05) is 19.6 Å².